The summed E-state index contributed by atoms with van der Waals surface area (Å²) in [5.74, 6) is 0.537. The van der Waals surface area contributed by atoms with E-state index < -0.39 is 5.60 Å². The zero-order valence-corrected chi connectivity index (χ0v) is 10.8. The standard InChI is InChI=1S/C10H22N2O2S/c1-8(2)11-5-9(13)12-6-10(3,14)7-15-4/h8,11,14H,5-7H2,1-4H3,(H,12,13). The van der Waals surface area contributed by atoms with Gasteiger partial charge in [-0.1, -0.05) is 13.8 Å². The van der Waals surface area contributed by atoms with Crippen molar-refractivity contribution >= 4 is 17.7 Å². The predicted molar refractivity (Wildman–Crippen MR) is 65.2 cm³/mol. The van der Waals surface area contributed by atoms with Crippen LogP contribution in [0.2, 0.25) is 0 Å². The lowest BCUT2D eigenvalue weighted by atomic mass is 10.1. The summed E-state index contributed by atoms with van der Waals surface area (Å²) in [7, 11) is 0. The van der Waals surface area contributed by atoms with Crippen molar-refractivity contribution in [3.8, 4) is 0 Å². The first-order valence-electron chi connectivity index (χ1n) is 5.09. The van der Waals surface area contributed by atoms with Gasteiger partial charge in [-0.15, -0.1) is 0 Å². The van der Waals surface area contributed by atoms with Gasteiger partial charge in [0.15, 0.2) is 0 Å². The molecule has 0 fully saturated rings. The van der Waals surface area contributed by atoms with Crippen LogP contribution in [0.1, 0.15) is 20.8 Å². The fourth-order valence-electron chi connectivity index (χ4n) is 1.01. The smallest absolute Gasteiger partial charge is 0.234 e. The lowest BCUT2D eigenvalue weighted by molar-refractivity contribution is -0.121. The van der Waals surface area contributed by atoms with Gasteiger partial charge in [0, 0.05) is 18.3 Å². The molecular weight excluding hydrogens is 212 g/mol. The van der Waals surface area contributed by atoms with Gasteiger partial charge >= 0.3 is 0 Å². The van der Waals surface area contributed by atoms with E-state index in [2.05, 4.69) is 10.6 Å². The third kappa shape index (κ3) is 8.72. The minimum Gasteiger partial charge on any atom is -0.387 e. The normalized spacial score (nSPS) is 15.1. The van der Waals surface area contributed by atoms with Crippen LogP contribution in [0.15, 0.2) is 0 Å². The number of carbonyl (C=O) groups is 1. The van der Waals surface area contributed by atoms with Gasteiger partial charge in [-0.3, -0.25) is 4.79 Å². The molecule has 1 atom stereocenters. The first kappa shape index (κ1) is 14.7. The number of nitrogens with one attached hydrogen (secondary N) is 2. The van der Waals surface area contributed by atoms with Crippen molar-refractivity contribution < 1.29 is 9.90 Å². The minimum atomic E-state index is -0.826. The summed E-state index contributed by atoms with van der Waals surface area (Å²) in [6.07, 6.45) is 1.93. The Labute approximate surface area is 96.2 Å². The minimum absolute atomic E-state index is 0.0786. The quantitative estimate of drug-likeness (QED) is 0.589. The molecule has 0 aromatic rings. The monoisotopic (exact) mass is 234 g/mol. The summed E-state index contributed by atoms with van der Waals surface area (Å²) in [5.41, 5.74) is -0.826. The SMILES string of the molecule is CSCC(C)(O)CNC(=O)CNC(C)C. The molecule has 0 radical (unpaired) electrons. The Morgan fingerprint density at radius 2 is 2.13 bits per heavy atom. The molecule has 0 bridgehead atoms. The van der Waals surface area contributed by atoms with Gasteiger partial charge in [0.25, 0.3) is 0 Å². The molecule has 0 aromatic heterocycles. The largest absolute Gasteiger partial charge is 0.387 e. The van der Waals surface area contributed by atoms with E-state index in [0.717, 1.165) is 0 Å². The maximum absolute atomic E-state index is 11.3. The molecule has 0 saturated carbocycles. The Hall–Kier alpha value is -0.260. The molecule has 0 aromatic carbocycles. The summed E-state index contributed by atoms with van der Waals surface area (Å²) in [5, 5.41) is 15.5. The Balaban J connectivity index is 3.70. The fourth-order valence-corrected chi connectivity index (χ4v) is 1.73. The Morgan fingerprint density at radius 1 is 1.53 bits per heavy atom. The Morgan fingerprint density at radius 3 is 2.60 bits per heavy atom. The van der Waals surface area contributed by atoms with E-state index in [0.29, 0.717) is 24.9 Å². The van der Waals surface area contributed by atoms with Crippen LogP contribution in [-0.4, -0.2) is 47.8 Å². The first-order valence-corrected chi connectivity index (χ1v) is 6.48. The molecule has 0 aliphatic carbocycles. The summed E-state index contributed by atoms with van der Waals surface area (Å²) >= 11 is 1.56. The van der Waals surface area contributed by atoms with Crippen LogP contribution in [0.3, 0.4) is 0 Å². The van der Waals surface area contributed by atoms with Gasteiger partial charge < -0.3 is 15.7 Å². The van der Waals surface area contributed by atoms with Crippen molar-refractivity contribution in [1.82, 2.24) is 10.6 Å². The van der Waals surface area contributed by atoms with E-state index in [9.17, 15) is 9.90 Å². The molecule has 0 aliphatic rings. The molecule has 1 unspecified atom stereocenters. The van der Waals surface area contributed by atoms with Crippen LogP contribution in [-0.2, 0) is 4.79 Å². The Bertz CT molecular complexity index is 196. The zero-order chi connectivity index (χ0) is 11.9. The van der Waals surface area contributed by atoms with E-state index in [-0.39, 0.29) is 5.91 Å². The van der Waals surface area contributed by atoms with Crippen LogP contribution in [0, 0.1) is 0 Å². The molecule has 90 valence electrons. The molecule has 0 spiro atoms. The molecule has 4 nitrogen and oxygen atoms in total. The lowest BCUT2D eigenvalue weighted by Gasteiger charge is -2.22. The molecule has 0 rings (SSSR count). The number of amides is 1. The number of rotatable bonds is 7. The topological polar surface area (TPSA) is 61.4 Å². The second kappa shape index (κ2) is 7.09. The van der Waals surface area contributed by atoms with Gasteiger partial charge in [0.2, 0.25) is 5.91 Å². The molecule has 0 heterocycles. The summed E-state index contributed by atoms with van der Waals surface area (Å²) in [6, 6.07) is 0.294. The molecule has 5 heteroatoms. The third-order valence-electron chi connectivity index (χ3n) is 1.79. The number of hydrogen-bond donors (Lipinski definition) is 3. The molecule has 0 aliphatic heterocycles. The van der Waals surface area contributed by atoms with Crippen LogP contribution in [0.4, 0.5) is 0 Å². The van der Waals surface area contributed by atoms with E-state index >= 15 is 0 Å². The average Bonchev–Trinajstić information content (AvgIpc) is 2.11. The second-order valence-corrected chi connectivity index (χ2v) is 5.11. The molecule has 0 saturated heterocycles. The van der Waals surface area contributed by atoms with Gasteiger partial charge in [-0.2, -0.15) is 11.8 Å². The van der Waals surface area contributed by atoms with Gasteiger partial charge in [0.05, 0.1) is 12.1 Å². The lowest BCUT2D eigenvalue weighted by Crippen LogP contribution is -2.45. The number of aliphatic hydroxyl groups is 1. The fraction of sp³-hybridized carbons (Fsp3) is 0.900. The van der Waals surface area contributed by atoms with Crippen LogP contribution in [0.5, 0.6) is 0 Å². The van der Waals surface area contributed by atoms with Crippen molar-refractivity contribution in [2.75, 3.05) is 25.1 Å². The van der Waals surface area contributed by atoms with Crippen molar-refractivity contribution in [3.63, 3.8) is 0 Å². The zero-order valence-electron chi connectivity index (χ0n) is 9.96. The van der Waals surface area contributed by atoms with Crippen molar-refractivity contribution in [1.29, 1.82) is 0 Å². The van der Waals surface area contributed by atoms with Gasteiger partial charge in [-0.25, -0.2) is 0 Å². The van der Waals surface area contributed by atoms with Gasteiger partial charge in [0.1, 0.15) is 0 Å². The molecule has 1 amide bonds. The molecule has 15 heavy (non-hydrogen) atoms. The third-order valence-corrected chi connectivity index (χ3v) is 2.70. The van der Waals surface area contributed by atoms with E-state index in [1.54, 1.807) is 18.7 Å². The Kier molecular flexibility index (Phi) is 6.96. The second-order valence-electron chi connectivity index (χ2n) is 4.24. The van der Waals surface area contributed by atoms with Crippen LogP contribution < -0.4 is 10.6 Å². The number of thioether (sulfide) groups is 1. The van der Waals surface area contributed by atoms with Crippen molar-refractivity contribution in [2.45, 2.75) is 32.4 Å². The maximum atomic E-state index is 11.3. The van der Waals surface area contributed by atoms with Crippen molar-refractivity contribution in [3.05, 3.63) is 0 Å². The summed E-state index contributed by atoms with van der Waals surface area (Å²) in [6.45, 7) is 6.29. The van der Waals surface area contributed by atoms with Crippen LogP contribution in [0.25, 0.3) is 0 Å². The maximum Gasteiger partial charge on any atom is 0.234 e. The summed E-state index contributed by atoms with van der Waals surface area (Å²) < 4.78 is 0. The highest BCUT2D eigenvalue weighted by Gasteiger charge is 2.20. The molecule has 3 N–H and O–H groups in total. The van der Waals surface area contributed by atoms with E-state index in [1.807, 2.05) is 20.1 Å². The average molecular weight is 234 g/mol. The number of carbonyl (C=O) groups excluding carboxylic acids is 1. The number of hydrogen-bond acceptors (Lipinski definition) is 4. The van der Waals surface area contributed by atoms with E-state index in [4.69, 9.17) is 0 Å². The molecular formula is C10H22N2O2S. The van der Waals surface area contributed by atoms with Crippen LogP contribution >= 0.6 is 11.8 Å². The summed E-state index contributed by atoms with van der Waals surface area (Å²) in [4.78, 5) is 11.3. The highest BCUT2D eigenvalue weighted by atomic mass is 32.2. The van der Waals surface area contributed by atoms with E-state index in [1.165, 1.54) is 0 Å². The van der Waals surface area contributed by atoms with Crippen molar-refractivity contribution in [2.24, 2.45) is 0 Å². The highest BCUT2D eigenvalue weighted by molar-refractivity contribution is 7.98. The highest BCUT2D eigenvalue weighted by Crippen LogP contribution is 2.08. The van der Waals surface area contributed by atoms with Gasteiger partial charge in [-0.05, 0) is 13.2 Å². The first-order chi connectivity index (χ1) is 6.87. The predicted octanol–water partition coefficient (Wildman–Crippen LogP) is 0.215.